The number of carbonyl (C=O) groups is 2. The topological polar surface area (TPSA) is 120 Å². The molecule has 0 saturated carbocycles. The van der Waals surface area contributed by atoms with Crippen molar-refractivity contribution in [1.82, 2.24) is 15.2 Å². The first-order valence-corrected chi connectivity index (χ1v) is 9.52. The van der Waals surface area contributed by atoms with Crippen molar-refractivity contribution in [2.24, 2.45) is 0 Å². The maximum Gasteiger partial charge on any atom is 0.282 e. The monoisotopic (exact) mass is 386 g/mol. The number of sulfonamides is 1. The molecule has 3 aromatic rings. The van der Waals surface area contributed by atoms with E-state index in [0.29, 0.717) is 5.69 Å². The van der Waals surface area contributed by atoms with Crippen LogP contribution in [0.25, 0.3) is 10.9 Å². The number of nitrogens with one attached hydrogen (secondary N) is 4. The van der Waals surface area contributed by atoms with Crippen LogP contribution < -0.4 is 15.6 Å². The summed E-state index contributed by atoms with van der Waals surface area (Å²) in [5.41, 5.74) is 4.72. The molecule has 27 heavy (non-hydrogen) atoms. The molecule has 0 aliphatic heterocycles. The number of amides is 2. The summed E-state index contributed by atoms with van der Waals surface area (Å²) in [6, 6.07) is 12.9. The molecular weight excluding hydrogens is 368 g/mol. The molecule has 8 nitrogen and oxygen atoms in total. The molecule has 0 unspecified atom stereocenters. The summed E-state index contributed by atoms with van der Waals surface area (Å²) in [5, 5.41) is 3.40. The van der Waals surface area contributed by atoms with Gasteiger partial charge in [0.25, 0.3) is 15.9 Å². The Morgan fingerprint density at radius 2 is 1.70 bits per heavy atom. The van der Waals surface area contributed by atoms with E-state index in [1.807, 2.05) is 25.1 Å². The lowest BCUT2D eigenvalue weighted by molar-refractivity contribution is -0.114. The number of aryl methyl sites for hydroxylation is 1. The maximum atomic E-state index is 12.3. The second-order valence-electron chi connectivity index (χ2n) is 6.04. The molecule has 1 heterocycles. The van der Waals surface area contributed by atoms with Crippen LogP contribution in [0.5, 0.6) is 0 Å². The lowest BCUT2D eigenvalue weighted by Crippen LogP contribution is -2.41. The van der Waals surface area contributed by atoms with E-state index in [4.69, 9.17) is 0 Å². The third kappa shape index (κ3) is 4.33. The van der Waals surface area contributed by atoms with E-state index < -0.39 is 15.9 Å². The number of rotatable bonds is 5. The summed E-state index contributed by atoms with van der Waals surface area (Å²) in [5.74, 6) is -0.869. The molecule has 1 aromatic heterocycles. The highest BCUT2D eigenvalue weighted by Crippen LogP contribution is 2.17. The van der Waals surface area contributed by atoms with E-state index in [-0.39, 0.29) is 16.5 Å². The maximum absolute atomic E-state index is 12.3. The number of hydrogen-bond donors (Lipinski definition) is 4. The Hall–Kier alpha value is -3.17. The van der Waals surface area contributed by atoms with Crippen LogP contribution in [-0.4, -0.2) is 25.2 Å². The summed E-state index contributed by atoms with van der Waals surface area (Å²) < 4.78 is 24.6. The van der Waals surface area contributed by atoms with Crippen LogP contribution in [0.3, 0.4) is 0 Å². The smallest absolute Gasteiger partial charge is 0.282 e. The summed E-state index contributed by atoms with van der Waals surface area (Å²) in [6.45, 7) is 3.30. The number of hydrogen-bond acceptors (Lipinski definition) is 4. The van der Waals surface area contributed by atoms with Gasteiger partial charge in [-0.25, -0.2) is 8.42 Å². The van der Waals surface area contributed by atoms with Crippen molar-refractivity contribution in [3.63, 3.8) is 0 Å². The summed E-state index contributed by atoms with van der Waals surface area (Å²) in [4.78, 5) is 28.2. The number of aromatic amines is 1. The van der Waals surface area contributed by atoms with Gasteiger partial charge in [0.1, 0.15) is 5.69 Å². The van der Waals surface area contributed by atoms with Gasteiger partial charge in [-0.2, -0.15) is 0 Å². The molecule has 2 aromatic carbocycles. The van der Waals surface area contributed by atoms with Crippen LogP contribution in [0.4, 0.5) is 5.69 Å². The first-order chi connectivity index (χ1) is 12.7. The van der Waals surface area contributed by atoms with Gasteiger partial charge in [-0.05, 0) is 49.4 Å². The van der Waals surface area contributed by atoms with Gasteiger partial charge >= 0.3 is 0 Å². The average molecular weight is 386 g/mol. The molecular formula is C18H18N4O4S. The summed E-state index contributed by atoms with van der Waals surface area (Å²) in [6.07, 6.45) is 0. The second kappa shape index (κ2) is 7.22. The lowest BCUT2D eigenvalue weighted by Gasteiger charge is -2.08. The fraction of sp³-hybridized carbons (Fsp3) is 0.111. The minimum absolute atomic E-state index is 0.0517. The molecule has 2 amide bonds. The predicted molar refractivity (Wildman–Crippen MR) is 102 cm³/mol. The Morgan fingerprint density at radius 1 is 1.00 bits per heavy atom. The van der Waals surface area contributed by atoms with Crippen molar-refractivity contribution in [2.75, 3.05) is 5.32 Å². The minimum Gasteiger partial charge on any atom is -0.350 e. The van der Waals surface area contributed by atoms with E-state index >= 15 is 0 Å². The third-order valence-corrected chi connectivity index (χ3v) is 5.07. The Morgan fingerprint density at radius 3 is 2.37 bits per heavy atom. The Kier molecular flexibility index (Phi) is 4.98. The Bertz CT molecular complexity index is 1120. The van der Waals surface area contributed by atoms with Crippen LogP contribution in [0, 0.1) is 6.92 Å². The van der Waals surface area contributed by atoms with Crippen molar-refractivity contribution < 1.29 is 18.0 Å². The number of fused-ring (bicyclic) bond motifs is 1. The number of hydrazine groups is 1. The second-order valence-corrected chi connectivity index (χ2v) is 7.72. The zero-order valence-corrected chi connectivity index (χ0v) is 15.5. The number of carbonyl (C=O) groups excluding carboxylic acids is 2. The van der Waals surface area contributed by atoms with Crippen LogP contribution in [0.1, 0.15) is 23.0 Å². The van der Waals surface area contributed by atoms with Crippen molar-refractivity contribution in [3.05, 3.63) is 59.8 Å². The number of benzene rings is 2. The highest BCUT2D eigenvalue weighted by molar-refractivity contribution is 7.89. The number of H-pyrrole nitrogens is 1. The van der Waals surface area contributed by atoms with Crippen LogP contribution in [-0.2, 0) is 14.8 Å². The van der Waals surface area contributed by atoms with Crippen molar-refractivity contribution in [3.8, 4) is 0 Å². The molecule has 9 heteroatoms. The quantitative estimate of drug-likeness (QED) is 0.502. The zero-order chi connectivity index (χ0) is 19.6. The molecule has 0 aliphatic carbocycles. The van der Waals surface area contributed by atoms with Crippen LogP contribution in [0.15, 0.2) is 53.4 Å². The molecule has 0 aliphatic rings. The first-order valence-electron chi connectivity index (χ1n) is 8.04. The first kappa shape index (κ1) is 18.6. The van der Waals surface area contributed by atoms with E-state index in [1.165, 1.54) is 31.2 Å². The van der Waals surface area contributed by atoms with Gasteiger partial charge in [-0.1, -0.05) is 11.6 Å². The van der Waals surface area contributed by atoms with E-state index in [1.54, 1.807) is 6.07 Å². The molecule has 4 N–H and O–H groups in total. The van der Waals surface area contributed by atoms with Crippen molar-refractivity contribution in [2.45, 2.75) is 18.7 Å². The SMILES string of the molecule is CC(=O)Nc1ccc(S(=O)(=O)NNC(=O)c2cc3cc(C)ccc3[nH]2)cc1. The molecule has 0 bridgehead atoms. The Labute approximate surface area is 156 Å². The van der Waals surface area contributed by atoms with E-state index in [9.17, 15) is 18.0 Å². The predicted octanol–water partition coefficient (Wildman–Crippen LogP) is 2.06. The normalized spacial score (nSPS) is 11.3. The van der Waals surface area contributed by atoms with Crippen molar-refractivity contribution >= 4 is 38.4 Å². The number of aromatic nitrogens is 1. The molecule has 3 rings (SSSR count). The highest BCUT2D eigenvalue weighted by atomic mass is 32.2. The number of anilines is 1. The van der Waals surface area contributed by atoms with E-state index in [2.05, 4.69) is 20.6 Å². The van der Waals surface area contributed by atoms with E-state index in [0.717, 1.165) is 16.5 Å². The highest BCUT2D eigenvalue weighted by Gasteiger charge is 2.17. The average Bonchev–Trinajstić information content (AvgIpc) is 3.03. The van der Waals surface area contributed by atoms with Gasteiger partial charge in [0.2, 0.25) is 5.91 Å². The van der Waals surface area contributed by atoms with Crippen LogP contribution in [0.2, 0.25) is 0 Å². The van der Waals surface area contributed by atoms with Crippen LogP contribution >= 0.6 is 0 Å². The van der Waals surface area contributed by atoms with Gasteiger partial charge in [-0.3, -0.25) is 15.0 Å². The standard InChI is InChI=1S/C18H18N4O4S/c1-11-3-8-16-13(9-11)10-17(20-16)18(24)21-22-27(25,26)15-6-4-14(5-7-15)19-12(2)23/h3-10,20,22H,1-2H3,(H,19,23)(H,21,24). The van der Waals surface area contributed by atoms with Gasteiger partial charge in [-0.15, -0.1) is 4.83 Å². The fourth-order valence-corrected chi connectivity index (χ4v) is 3.37. The van der Waals surface area contributed by atoms with Gasteiger partial charge in [0, 0.05) is 23.5 Å². The van der Waals surface area contributed by atoms with Crippen molar-refractivity contribution in [1.29, 1.82) is 0 Å². The lowest BCUT2D eigenvalue weighted by atomic mass is 10.2. The summed E-state index contributed by atoms with van der Waals surface area (Å²) >= 11 is 0. The fourth-order valence-electron chi connectivity index (χ4n) is 2.53. The molecule has 0 fully saturated rings. The Balaban J connectivity index is 1.70. The van der Waals surface area contributed by atoms with Gasteiger partial charge in [0.05, 0.1) is 4.90 Å². The molecule has 0 spiro atoms. The largest absolute Gasteiger partial charge is 0.350 e. The third-order valence-electron chi connectivity index (χ3n) is 3.80. The molecule has 0 atom stereocenters. The van der Waals surface area contributed by atoms with Gasteiger partial charge in [0.15, 0.2) is 0 Å². The molecule has 0 radical (unpaired) electrons. The zero-order valence-electron chi connectivity index (χ0n) is 14.7. The minimum atomic E-state index is -3.95. The molecule has 140 valence electrons. The summed E-state index contributed by atoms with van der Waals surface area (Å²) in [7, 11) is -3.95. The molecule has 0 saturated heterocycles. The van der Waals surface area contributed by atoms with Gasteiger partial charge < -0.3 is 10.3 Å².